The number of likely N-dealkylation sites (N-methyl/N-ethyl adjacent to an activating group) is 1. The van der Waals surface area contributed by atoms with Gasteiger partial charge < -0.3 is 10.1 Å². The number of hydrogen-bond donors (Lipinski definition) is 1. The minimum Gasteiger partial charge on any atom is -0.497 e. The lowest BCUT2D eigenvalue weighted by Gasteiger charge is -2.18. The molecule has 80 valence electrons. The molecule has 0 unspecified atom stereocenters. The molecule has 0 bridgehead atoms. The Labute approximate surface area is 91.0 Å². The average molecular weight is 203 g/mol. The van der Waals surface area contributed by atoms with Crippen molar-refractivity contribution in [1.82, 2.24) is 5.32 Å². The van der Waals surface area contributed by atoms with Crippen LogP contribution in [0.1, 0.15) is 17.5 Å². The largest absolute Gasteiger partial charge is 0.497 e. The SMILES string of the molecule is CNCC1=CCCc2ccc(OC)cc21. The van der Waals surface area contributed by atoms with Crippen LogP contribution in [-0.2, 0) is 6.42 Å². The maximum Gasteiger partial charge on any atom is 0.119 e. The van der Waals surface area contributed by atoms with Crippen molar-refractivity contribution in [2.45, 2.75) is 12.8 Å². The Bertz CT molecular complexity index is 382. The number of nitrogens with one attached hydrogen (secondary N) is 1. The van der Waals surface area contributed by atoms with Crippen LogP contribution in [0.3, 0.4) is 0 Å². The summed E-state index contributed by atoms with van der Waals surface area (Å²) in [5, 5.41) is 3.21. The highest BCUT2D eigenvalue weighted by Gasteiger charge is 2.12. The fourth-order valence-corrected chi connectivity index (χ4v) is 2.07. The molecule has 0 radical (unpaired) electrons. The molecule has 0 atom stereocenters. The molecular formula is C13H17NO. The predicted octanol–water partition coefficient (Wildman–Crippen LogP) is 2.24. The quantitative estimate of drug-likeness (QED) is 0.813. The highest BCUT2D eigenvalue weighted by molar-refractivity contribution is 5.72. The maximum absolute atomic E-state index is 5.26. The van der Waals surface area contributed by atoms with Crippen molar-refractivity contribution in [1.29, 1.82) is 0 Å². The normalized spacial score (nSPS) is 14.4. The molecular weight excluding hydrogens is 186 g/mol. The van der Waals surface area contributed by atoms with Crippen molar-refractivity contribution < 1.29 is 4.74 Å². The summed E-state index contributed by atoms with van der Waals surface area (Å²) in [6.07, 6.45) is 4.61. The minimum absolute atomic E-state index is 0.931. The number of fused-ring (bicyclic) bond motifs is 1. The van der Waals surface area contributed by atoms with E-state index in [1.807, 2.05) is 13.1 Å². The van der Waals surface area contributed by atoms with Gasteiger partial charge in [-0.15, -0.1) is 0 Å². The van der Waals surface area contributed by atoms with E-state index in [-0.39, 0.29) is 0 Å². The van der Waals surface area contributed by atoms with Crippen LogP contribution < -0.4 is 10.1 Å². The molecule has 15 heavy (non-hydrogen) atoms. The van der Waals surface area contributed by atoms with Crippen LogP contribution in [0.2, 0.25) is 0 Å². The van der Waals surface area contributed by atoms with Crippen LogP contribution in [0.5, 0.6) is 5.75 Å². The molecule has 1 aliphatic carbocycles. The topological polar surface area (TPSA) is 21.3 Å². The predicted molar refractivity (Wildman–Crippen MR) is 63.2 cm³/mol. The fraction of sp³-hybridized carbons (Fsp3) is 0.385. The summed E-state index contributed by atoms with van der Waals surface area (Å²) in [5.41, 5.74) is 4.16. The Balaban J connectivity index is 2.38. The van der Waals surface area contributed by atoms with Crippen molar-refractivity contribution in [3.8, 4) is 5.75 Å². The third-order valence-electron chi connectivity index (χ3n) is 2.83. The number of benzene rings is 1. The molecule has 0 heterocycles. The Kier molecular flexibility index (Phi) is 3.07. The highest BCUT2D eigenvalue weighted by Crippen LogP contribution is 2.29. The first-order chi connectivity index (χ1) is 7.35. The molecule has 0 spiro atoms. The number of ether oxygens (including phenoxy) is 1. The molecule has 1 aromatic rings. The van der Waals surface area contributed by atoms with Crippen LogP contribution in [0.4, 0.5) is 0 Å². The van der Waals surface area contributed by atoms with Gasteiger partial charge in [-0.3, -0.25) is 0 Å². The van der Waals surface area contributed by atoms with Crippen LogP contribution in [0, 0.1) is 0 Å². The lowest BCUT2D eigenvalue weighted by atomic mass is 9.90. The van der Waals surface area contributed by atoms with Gasteiger partial charge in [-0.05, 0) is 48.7 Å². The van der Waals surface area contributed by atoms with Gasteiger partial charge >= 0.3 is 0 Å². The minimum atomic E-state index is 0.931. The van der Waals surface area contributed by atoms with Gasteiger partial charge in [0.05, 0.1) is 7.11 Å². The average Bonchev–Trinajstić information content (AvgIpc) is 2.29. The first-order valence-corrected chi connectivity index (χ1v) is 5.36. The molecule has 0 amide bonds. The first-order valence-electron chi connectivity index (χ1n) is 5.36. The van der Waals surface area contributed by atoms with E-state index in [0.29, 0.717) is 0 Å². The maximum atomic E-state index is 5.26. The van der Waals surface area contributed by atoms with E-state index in [9.17, 15) is 0 Å². The second kappa shape index (κ2) is 4.49. The summed E-state index contributed by atoms with van der Waals surface area (Å²) in [6, 6.07) is 6.36. The third-order valence-corrected chi connectivity index (χ3v) is 2.83. The summed E-state index contributed by atoms with van der Waals surface area (Å²) >= 11 is 0. The van der Waals surface area contributed by atoms with E-state index in [0.717, 1.165) is 25.1 Å². The standard InChI is InChI=1S/C13H17NO/c1-14-9-11-5-3-4-10-6-7-12(15-2)8-13(10)11/h5-8,14H,3-4,9H2,1-2H3. The Morgan fingerprint density at radius 2 is 2.27 bits per heavy atom. The van der Waals surface area contributed by atoms with Gasteiger partial charge in [-0.1, -0.05) is 12.1 Å². The van der Waals surface area contributed by atoms with Crippen molar-refractivity contribution >= 4 is 5.57 Å². The smallest absolute Gasteiger partial charge is 0.119 e. The van der Waals surface area contributed by atoms with Crippen molar-refractivity contribution in [3.63, 3.8) is 0 Å². The number of aryl methyl sites for hydroxylation is 1. The monoisotopic (exact) mass is 203 g/mol. The van der Waals surface area contributed by atoms with Crippen LogP contribution in [0.15, 0.2) is 24.3 Å². The van der Waals surface area contributed by atoms with Gasteiger partial charge in [0.1, 0.15) is 5.75 Å². The summed E-state index contributed by atoms with van der Waals surface area (Å²) in [6.45, 7) is 0.931. The van der Waals surface area contributed by atoms with Gasteiger partial charge in [0.15, 0.2) is 0 Å². The fourth-order valence-electron chi connectivity index (χ4n) is 2.07. The van der Waals surface area contributed by atoms with Crippen molar-refractivity contribution in [2.75, 3.05) is 20.7 Å². The molecule has 0 aliphatic heterocycles. The van der Waals surface area contributed by atoms with Crippen molar-refractivity contribution in [2.24, 2.45) is 0 Å². The van der Waals surface area contributed by atoms with E-state index < -0.39 is 0 Å². The molecule has 0 aromatic heterocycles. The van der Waals surface area contributed by atoms with Crippen LogP contribution in [-0.4, -0.2) is 20.7 Å². The van der Waals surface area contributed by atoms with Crippen LogP contribution >= 0.6 is 0 Å². The molecule has 0 fully saturated rings. The zero-order valence-electron chi connectivity index (χ0n) is 9.34. The lowest BCUT2D eigenvalue weighted by Crippen LogP contribution is -2.13. The Morgan fingerprint density at radius 1 is 1.40 bits per heavy atom. The van der Waals surface area contributed by atoms with Gasteiger partial charge in [0.2, 0.25) is 0 Å². The number of methoxy groups -OCH3 is 1. The summed E-state index contributed by atoms with van der Waals surface area (Å²) in [4.78, 5) is 0. The second-order valence-electron chi connectivity index (χ2n) is 3.82. The Morgan fingerprint density at radius 3 is 3.00 bits per heavy atom. The third kappa shape index (κ3) is 2.05. The summed E-state index contributed by atoms with van der Waals surface area (Å²) < 4.78 is 5.26. The number of allylic oxidation sites excluding steroid dienone is 1. The molecule has 1 aromatic carbocycles. The molecule has 2 nitrogen and oxygen atoms in total. The van der Waals surface area contributed by atoms with E-state index in [4.69, 9.17) is 4.74 Å². The Hall–Kier alpha value is -1.28. The van der Waals surface area contributed by atoms with Crippen LogP contribution in [0.25, 0.3) is 5.57 Å². The molecule has 2 heteroatoms. The molecule has 2 rings (SSSR count). The molecule has 1 N–H and O–H groups in total. The van der Waals surface area contributed by atoms with Gasteiger partial charge in [0, 0.05) is 6.54 Å². The highest BCUT2D eigenvalue weighted by atomic mass is 16.5. The van der Waals surface area contributed by atoms with E-state index in [1.165, 1.54) is 16.7 Å². The zero-order chi connectivity index (χ0) is 10.7. The summed E-state index contributed by atoms with van der Waals surface area (Å²) in [7, 11) is 3.70. The van der Waals surface area contributed by atoms with E-state index >= 15 is 0 Å². The zero-order valence-corrected chi connectivity index (χ0v) is 9.34. The molecule has 0 saturated heterocycles. The molecule has 0 saturated carbocycles. The summed E-state index contributed by atoms with van der Waals surface area (Å²) in [5.74, 6) is 0.942. The number of rotatable bonds is 3. The van der Waals surface area contributed by atoms with Gasteiger partial charge in [-0.25, -0.2) is 0 Å². The number of hydrogen-bond acceptors (Lipinski definition) is 2. The molecule has 1 aliphatic rings. The van der Waals surface area contributed by atoms with Gasteiger partial charge in [-0.2, -0.15) is 0 Å². The van der Waals surface area contributed by atoms with E-state index in [2.05, 4.69) is 23.5 Å². The lowest BCUT2D eigenvalue weighted by molar-refractivity contribution is 0.414. The second-order valence-corrected chi connectivity index (χ2v) is 3.82. The van der Waals surface area contributed by atoms with Gasteiger partial charge in [0.25, 0.3) is 0 Å². The van der Waals surface area contributed by atoms with E-state index in [1.54, 1.807) is 7.11 Å². The first kappa shape index (κ1) is 10.2. The van der Waals surface area contributed by atoms with Crippen molar-refractivity contribution in [3.05, 3.63) is 35.4 Å².